The van der Waals surface area contributed by atoms with Crippen LogP contribution in [0.1, 0.15) is 27.9 Å². The number of fused-ring (bicyclic) bond motifs is 1. The third-order valence-corrected chi connectivity index (χ3v) is 6.71. The number of anilines is 1. The van der Waals surface area contributed by atoms with Crippen LogP contribution in [0, 0.1) is 6.92 Å². The number of furan rings is 1. The molecular weight excluding hydrogens is 471 g/mol. The molecule has 0 aliphatic carbocycles. The quantitative estimate of drug-likeness (QED) is 0.344. The monoisotopic (exact) mass is 484 g/mol. The summed E-state index contributed by atoms with van der Waals surface area (Å²) < 4.78 is 6.24. The van der Waals surface area contributed by atoms with Crippen LogP contribution in [0.15, 0.2) is 70.3 Å². The van der Waals surface area contributed by atoms with Gasteiger partial charge in [0.1, 0.15) is 11.3 Å². The number of aromatic nitrogens is 1. The molecule has 1 aliphatic heterocycles. The molecule has 0 saturated heterocycles. The molecule has 160 valence electrons. The Bertz CT molecular complexity index is 1440. The first-order valence-electron chi connectivity index (χ1n) is 9.53. The highest BCUT2D eigenvalue weighted by atomic mass is 35.5. The predicted octanol–water partition coefficient (Wildman–Crippen LogP) is 6.29. The van der Waals surface area contributed by atoms with Gasteiger partial charge in [0.05, 0.1) is 21.3 Å². The first-order valence-corrected chi connectivity index (χ1v) is 11.1. The number of aryl methyl sites for hydroxylation is 1. The minimum Gasteiger partial charge on any atom is -0.503 e. The van der Waals surface area contributed by atoms with Gasteiger partial charge in [-0.2, -0.15) is 0 Å². The Hall–Kier alpha value is -3.13. The van der Waals surface area contributed by atoms with Crippen LogP contribution < -0.4 is 4.90 Å². The number of benzene rings is 2. The highest BCUT2D eigenvalue weighted by Gasteiger charge is 2.46. The summed E-state index contributed by atoms with van der Waals surface area (Å²) in [6.45, 7) is 1.70. The molecule has 2 aromatic carbocycles. The molecule has 6 nitrogen and oxygen atoms in total. The van der Waals surface area contributed by atoms with Gasteiger partial charge in [-0.15, -0.1) is 0 Å². The van der Waals surface area contributed by atoms with Gasteiger partial charge in [0.2, 0.25) is 5.78 Å². The van der Waals surface area contributed by atoms with E-state index in [1.807, 2.05) is 6.07 Å². The summed E-state index contributed by atoms with van der Waals surface area (Å²) in [6.07, 6.45) is 0. The molecule has 0 spiro atoms. The molecule has 5 rings (SSSR count). The van der Waals surface area contributed by atoms with Crippen molar-refractivity contribution in [3.63, 3.8) is 0 Å². The normalized spacial score (nSPS) is 16.4. The van der Waals surface area contributed by atoms with E-state index in [1.54, 1.807) is 49.4 Å². The van der Waals surface area contributed by atoms with Gasteiger partial charge in [0.15, 0.2) is 16.7 Å². The zero-order chi connectivity index (χ0) is 22.6. The fourth-order valence-electron chi connectivity index (χ4n) is 3.72. The summed E-state index contributed by atoms with van der Waals surface area (Å²) in [5.41, 5.74) is 0.983. The van der Waals surface area contributed by atoms with Gasteiger partial charge in [-0.05, 0) is 48.9 Å². The average molecular weight is 485 g/mol. The predicted molar refractivity (Wildman–Crippen MR) is 124 cm³/mol. The second-order valence-electron chi connectivity index (χ2n) is 7.22. The van der Waals surface area contributed by atoms with Gasteiger partial charge >= 0.3 is 0 Å². The summed E-state index contributed by atoms with van der Waals surface area (Å²) >= 11 is 13.7. The first kappa shape index (κ1) is 20.8. The number of aliphatic hydroxyl groups excluding tert-OH is 1. The van der Waals surface area contributed by atoms with E-state index in [0.29, 0.717) is 32.0 Å². The third kappa shape index (κ3) is 3.30. The third-order valence-electron chi connectivity index (χ3n) is 5.15. The largest absolute Gasteiger partial charge is 0.503 e. The Kier molecular flexibility index (Phi) is 5.04. The van der Waals surface area contributed by atoms with E-state index in [9.17, 15) is 14.7 Å². The van der Waals surface area contributed by atoms with Crippen molar-refractivity contribution in [1.29, 1.82) is 0 Å². The standard InChI is InChI=1S/C23H14Cl2N2O4S/c1-11-8-9-15(31-11)20(28)17-19(12-4-2-5-13(24)10-12)27(22(30)21(17)29)23-26-18-14(25)6-3-7-16(18)32-23/h2-10,19,29H,1H3. The number of aliphatic hydroxyl groups is 1. The minimum atomic E-state index is -0.946. The number of ketones is 1. The molecule has 2 aromatic heterocycles. The van der Waals surface area contributed by atoms with Crippen LogP contribution in [0.5, 0.6) is 0 Å². The molecule has 0 radical (unpaired) electrons. The number of carbonyl (C=O) groups excluding carboxylic acids is 2. The number of rotatable bonds is 4. The van der Waals surface area contributed by atoms with Crippen molar-refractivity contribution in [2.75, 3.05) is 4.90 Å². The molecule has 9 heteroatoms. The molecule has 32 heavy (non-hydrogen) atoms. The molecule has 0 saturated carbocycles. The molecule has 0 bridgehead atoms. The van der Waals surface area contributed by atoms with Crippen molar-refractivity contribution in [2.24, 2.45) is 0 Å². The number of para-hydroxylation sites is 1. The topological polar surface area (TPSA) is 83.6 Å². The van der Waals surface area contributed by atoms with Crippen LogP contribution in [0.2, 0.25) is 10.0 Å². The van der Waals surface area contributed by atoms with Crippen LogP contribution in [0.4, 0.5) is 5.13 Å². The van der Waals surface area contributed by atoms with E-state index in [2.05, 4.69) is 4.98 Å². The fraction of sp³-hybridized carbons (Fsp3) is 0.0870. The first-order chi connectivity index (χ1) is 15.3. The highest BCUT2D eigenvalue weighted by molar-refractivity contribution is 7.22. The van der Waals surface area contributed by atoms with Crippen molar-refractivity contribution in [3.8, 4) is 0 Å². The molecule has 4 aromatic rings. The molecular formula is C23H14Cl2N2O4S. The molecule has 1 N–H and O–H groups in total. The molecule has 1 amide bonds. The van der Waals surface area contributed by atoms with E-state index in [-0.39, 0.29) is 11.3 Å². The van der Waals surface area contributed by atoms with Crippen molar-refractivity contribution >= 4 is 61.6 Å². The lowest BCUT2D eigenvalue weighted by atomic mass is 9.95. The SMILES string of the molecule is Cc1ccc(C(=O)C2=C(O)C(=O)N(c3nc4c(Cl)cccc4s3)C2c2cccc(Cl)c2)o1. The van der Waals surface area contributed by atoms with Crippen LogP contribution in [-0.4, -0.2) is 21.8 Å². The summed E-state index contributed by atoms with van der Waals surface area (Å²) in [6, 6.07) is 14.3. The lowest BCUT2D eigenvalue weighted by molar-refractivity contribution is -0.117. The van der Waals surface area contributed by atoms with Gasteiger partial charge < -0.3 is 9.52 Å². The van der Waals surface area contributed by atoms with Crippen LogP contribution in [0.25, 0.3) is 10.2 Å². The summed E-state index contributed by atoms with van der Waals surface area (Å²) in [4.78, 5) is 32.4. The van der Waals surface area contributed by atoms with E-state index >= 15 is 0 Å². The Labute approximate surface area is 196 Å². The van der Waals surface area contributed by atoms with E-state index in [4.69, 9.17) is 27.6 Å². The van der Waals surface area contributed by atoms with Crippen LogP contribution in [-0.2, 0) is 4.79 Å². The Morgan fingerprint density at radius 3 is 2.62 bits per heavy atom. The molecule has 0 fully saturated rings. The van der Waals surface area contributed by atoms with Crippen molar-refractivity contribution < 1.29 is 19.1 Å². The number of hydrogen-bond donors (Lipinski definition) is 1. The number of nitrogens with zero attached hydrogens (tertiary/aromatic N) is 2. The summed E-state index contributed by atoms with van der Waals surface area (Å²) in [5.74, 6) is -1.42. The van der Waals surface area contributed by atoms with Gasteiger partial charge in [-0.1, -0.05) is 52.7 Å². The zero-order valence-electron chi connectivity index (χ0n) is 16.5. The van der Waals surface area contributed by atoms with Gasteiger partial charge in [-0.3, -0.25) is 14.5 Å². The number of halogens is 2. The second kappa shape index (κ2) is 7.78. The van der Waals surface area contributed by atoms with Gasteiger partial charge in [0.25, 0.3) is 5.91 Å². The van der Waals surface area contributed by atoms with Crippen molar-refractivity contribution in [3.05, 3.63) is 93.1 Å². The van der Waals surface area contributed by atoms with Gasteiger partial charge in [0, 0.05) is 5.02 Å². The molecule has 1 unspecified atom stereocenters. The fourth-order valence-corrected chi connectivity index (χ4v) is 5.21. The maximum absolute atomic E-state index is 13.3. The Balaban J connectivity index is 1.70. The number of Topliss-reactive ketones (excluding diaryl/α,β-unsaturated/α-hetero) is 1. The Morgan fingerprint density at radius 1 is 1.16 bits per heavy atom. The van der Waals surface area contributed by atoms with E-state index in [0.717, 1.165) is 4.70 Å². The lowest BCUT2D eigenvalue weighted by Crippen LogP contribution is -2.30. The summed E-state index contributed by atoms with van der Waals surface area (Å²) in [5, 5.41) is 12.0. The zero-order valence-corrected chi connectivity index (χ0v) is 18.8. The van der Waals surface area contributed by atoms with Crippen molar-refractivity contribution in [2.45, 2.75) is 13.0 Å². The Morgan fingerprint density at radius 2 is 1.94 bits per heavy atom. The number of hydrogen-bond acceptors (Lipinski definition) is 6. The highest BCUT2D eigenvalue weighted by Crippen LogP contribution is 2.45. The van der Waals surface area contributed by atoms with Crippen molar-refractivity contribution in [1.82, 2.24) is 4.98 Å². The van der Waals surface area contributed by atoms with E-state index < -0.39 is 23.5 Å². The molecule has 1 aliphatic rings. The second-order valence-corrected chi connectivity index (χ2v) is 9.07. The molecule has 1 atom stereocenters. The van der Waals surface area contributed by atoms with Crippen LogP contribution >= 0.6 is 34.5 Å². The smallest absolute Gasteiger partial charge is 0.296 e. The average Bonchev–Trinajstić information content (AvgIpc) is 3.45. The number of amides is 1. The van der Waals surface area contributed by atoms with E-state index in [1.165, 1.54) is 22.3 Å². The van der Waals surface area contributed by atoms with Crippen LogP contribution in [0.3, 0.4) is 0 Å². The molecule has 3 heterocycles. The maximum atomic E-state index is 13.3. The number of thiazole rings is 1. The minimum absolute atomic E-state index is 0.0260. The van der Waals surface area contributed by atoms with Gasteiger partial charge in [-0.25, -0.2) is 4.98 Å². The number of carbonyl (C=O) groups is 2. The maximum Gasteiger partial charge on any atom is 0.296 e. The summed E-state index contributed by atoms with van der Waals surface area (Å²) in [7, 11) is 0. The lowest BCUT2D eigenvalue weighted by Gasteiger charge is -2.24.